The highest BCUT2D eigenvalue weighted by molar-refractivity contribution is 5.95. The van der Waals surface area contributed by atoms with Gasteiger partial charge in [-0.05, 0) is 123 Å². The van der Waals surface area contributed by atoms with E-state index in [-0.39, 0.29) is 6.04 Å². The zero-order valence-corrected chi connectivity index (χ0v) is 21.5. The Bertz CT molecular complexity index is 1240. The highest BCUT2D eigenvalue weighted by Crippen LogP contribution is 2.64. The molecule has 0 heterocycles. The molecule has 4 aliphatic rings. The first-order valence-electron chi connectivity index (χ1n) is 13.4. The maximum atomic E-state index is 11.8. The molecule has 0 saturated heterocycles. The number of aromatic carboxylic acids is 1. The molecule has 0 amide bonds. The molecule has 4 saturated carbocycles. The monoisotopic (exact) mass is 480 g/mol. The molecule has 3 aromatic carbocycles. The van der Waals surface area contributed by atoms with Gasteiger partial charge in [0.05, 0.1) is 11.3 Å². The van der Waals surface area contributed by atoms with Gasteiger partial charge in [0.1, 0.15) is 0 Å². The molecule has 1 N–H and O–H groups in total. The van der Waals surface area contributed by atoms with Crippen molar-refractivity contribution in [2.45, 2.75) is 57.4 Å². The SMILES string of the molecule is CC(C)N(c1ccc(N(C)c2ccc(C34CC5CC(C3)C(C5)C4)cc2)cc1)c1ccccc1C(=O)O. The van der Waals surface area contributed by atoms with E-state index in [4.69, 9.17) is 0 Å². The van der Waals surface area contributed by atoms with Gasteiger partial charge in [-0.15, -0.1) is 0 Å². The van der Waals surface area contributed by atoms with E-state index in [2.05, 4.69) is 79.2 Å². The summed E-state index contributed by atoms with van der Waals surface area (Å²) in [5, 5.41) is 9.70. The number of benzene rings is 3. The number of anilines is 4. The van der Waals surface area contributed by atoms with Gasteiger partial charge in [-0.2, -0.15) is 0 Å². The molecule has 7 rings (SSSR count). The number of carboxylic acid groups (broad SMARTS) is 1. The van der Waals surface area contributed by atoms with Crippen LogP contribution in [0.3, 0.4) is 0 Å². The van der Waals surface area contributed by atoms with E-state index in [0.29, 0.717) is 16.7 Å². The van der Waals surface area contributed by atoms with Crippen LogP contribution in [0.15, 0.2) is 72.8 Å². The molecule has 36 heavy (non-hydrogen) atoms. The lowest BCUT2D eigenvalue weighted by Gasteiger charge is -2.39. The minimum atomic E-state index is -0.908. The highest BCUT2D eigenvalue weighted by Gasteiger charge is 2.56. The summed E-state index contributed by atoms with van der Waals surface area (Å²) in [6.07, 6.45) is 7.18. The van der Waals surface area contributed by atoms with Crippen LogP contribution in [0, 0.1) is 17.8 Å². The Morgan fingerprint density at radius 2 is 1.39 bits per heavy atom. The largest absolute Gasteiger partial charge is 0.478 e. The zero-order chi connectivity index (χ0) is 25.0. The van der Waals surface area contributed by atoms with Crippen LogP contribution in [-0.2, 0) is 5.41 Å². The molecule has 0 aliphatic heterocycles. The van der Waals surface area contributed by atoms with Gasteiger partial charge in [0, 0.05) is 30.2 Å². The topological polar surface area (TPSA) is 43.8 Å². The van der Waals surface area contributed by atoms with Crippen molar-refractivity contribution in [3.05, 3.63) is 83.9 Å². The Balaban J connectivity index is 1.22. The van der Waals surface area contributed by atoms with Gasteiger partial charge in [0.25, 0.3) is 0 Å². The quantitative estimate of drug-likeness (QED) is 0.375. The van der Waals surface area contributed by atoms with Crippen LogP contribution in [0.4, 0.5) is 22.7 Å². The lowest BCUT2D eigenvalue weighted by atomic mass is 9.66. The molecule has 4 fully saturated rings. The van der Waals surface area contributed by atoms with Gasteiger partial charge in [-0.1, -0.05) is 24.3 Å². The minimum Gasteiger partial charge on any atom is -0.478 e. The predicted molar refractivity (Wildman–Crippen MR) is 147 cm³/mol. The number of carbonyl (C=O) groups is 1. The van der Waals surface area contributed by atoms with Crippen LogP contribution >= 0.6 is 0 Å². The summed E-state index contributed by atoms with van der Waals surface area (Å²) in [5.41, 5.74) is 6.31. The van der Waals surface area contributed by atoms with Crippen LogP contribution in [-0.4, -0.2) is 24.2 Å². The Morgan fingerprint density at radius 1 is 0.833 bits per heavy atom. The van der Waals surface area contributed by atoms with Crippen molar-refractivity contribution in [2.75, 3.05) is 16.8 Å². The number of nitrogens with zero attached hydrogens (tertiary/aromatic N) is 2. The average molecular weight is 481 g/mol. The Hall–Kier alpha value is -3.27. The molecule has 2 unspecified atom stereocenters. The molecule has 0 radical (unpaired) electrons. The number of para-hydroxylation sites is 1. The molecule has 4 nitrogen and oxygen atoms in total. The van der Waals surface area contributed by atoms with Crippen molar-refractivity contribution < 1.29 is 9.90 Å². The molecule has 4 aliphatic carbocycles. The van der Waals surface area contributed by atoms with Gasteiger partial charge < -0.3 is 14.9 Å². The van der Waals surface area contributed by atoms with Crippen molar-refractivity contribution in [3.63, 3.8) is 0 Å². The van der Waals surface area contributed by atoms with E-state index < -0.39 is 5.97 Å². The summed E-state index contributed by atoms with van der Waals surface area (Å²) >= 11 is 0. The van der Waals surface area contributed by atoms with Crippen LogP contribution in [0.5, 0.6) is 0 Å². The summed E-state index contributed by atoms with van der Waals surface area (Å²) in [4.78, 5) is 16.1. The molecular formula is C32H36N2O2. The van der Waals surface area contributed by atoms with Crippen molar-refractivity contribution in [3.8, 4) is 0 Å². The first-order chi connectivity index (χ1) is 17.3. The van der Waals surface area contributed by atoms with Crippen molar-refractivity contribution >= 4 is 28.7 Å². The Labute approximate surface area is 214 Å². The molecule has 0 spiro atoms. The molecule has 4 bridgehead atoms. The minimum absolute atomic E-state index is 0.113. The first kappa shape index (κ1) is 23.1. The van der Waals surface area contributed by atoms with Gasteiger partial charge in [0.2, 0.25) is 0 Å². The standard InChI is InChI=1S/C32H36N2O2/c1-21(2)34(30-7-5-4-6-29(30)31(35)36)28-14-12-27(13-15-28)33(3)26-10-8-25(9-11-26)32-18-22-16-23(19-32)24(17-22)20-32/h4-15,21-24H,16-20H2,1-3H3,(H,35,36). The molecule has 4 heteroatoms. The van der Waals surface area contributed by atoms with Gasteiger partial charge in [-0.25, -0.2) is 4.79 Å². The van der Waals surface area contributed by atoms with Crippen LogP contribution in [0.1, 0.15) is 61.9 Å². The maximum Gasteiger partial charge on any atom is 0.337 e. The van der Waals surface area contributed by atoms with Gasteiger partial charge in [-0.3, -0.25) is 0 Å². The summed E-state index contributed by atoms with van der Waals surface area (Å²) in [6.45, 7) is 4.17. The third-order valence-electron chi connectivity index (χ3n) is 9.22. The van der Waals surface area contributed by atoms with Crippen LogP contribution < -0.4 is 9.80 Å². The predicted octanol–water partition coefficient (Wildman–Crippen LogP) is 7.78. The number of hydrogen-bond acceptors (Lipinski definition) is 3. The fraction of sp³-hybridized carbons (Fsp3) is 0.406. The summed E-state index contributed by atoms with van der Waals surface area (Å²) in [6, 6.07) is 25.1. The fourth-order valence-corrected chi connectivity index (χ4v) is 7.77. The number of hydrogen-bond donors (Lipinski definition) is 1. The van der Waals surface area contributed by atoms with Crippen molar-refractivity contribution in [1.29, 1.82) is 0 Å². The second-order valence-corrected chi connectivity index (χ2v) is 11.7. The Morgan fingerprint density at radius 3 is 1.94 bits per heavy atom. The maximum absolute atomic E-state index is 11.8. The second kappa shape index (κ2) is 8.69. The lowest BCUT2D eigenvalue weighted by molar-refractivity contribution is 0.0697. The summed E-state index contributed by atoms with van der Waals surface area (Å²) < 4.78 is 0. The zero-order valence-electron chi connectivity index (χ0n) is 21.5. The highest BCUT2D eigenvalue weighted by atomic mass is 16.4. The third-order valence-corrected chi connectivity index (χ3v) is 9.22. The third kappa shape index (κ3) is 3.78. The lowest BCUT2D eigenvalue weighted by Crippen LogP contribution is -2.31. The molecular weight excluding hydrogens is 444 g/mol. The van der Waals surface area contributed by atoms with Crippen molar-refractivity contribution in [2.24, 2.45) is 17.8 Å². The van der Waals surface area contributed by atoms with Gasteiger partial charge >= 0.3 is 5.97 Å². The van der Waals surface area contributed by atoms with Crippen LogP contribution in [0.25, 0.3) is 0 Å². The number of carboxylic acids is 1. The number of rotatable bonds is 7. The molecule has 3 aromatic rings. The van der Waals surface area contributed by atoms with E-state index in [1.165, 1.54) is 37.8 Å². The van der Waals surface area contributed by atoms with Gasteiger partial charge in [0.15, 0.2) is 0 Å². The molecule has 0 aromatic heterocycles. The second-order valence-electron chi connectivity index (χ2n) is 11.7. The van der Waals surface area contributed by atoms with Crippen molar-refractivity contribution in [1.82, 2.24) is 0 Å². The summed E-state index contributed by atoms with van der Waals surface area (Å²) in [7, 11) is 2.11. The fourth-order valence-electron chi connectivity index (χ4n) is 7.77. The van der Waals surface area contributed by atoms with E-state index in [9.17, 15) is 9.90 Å². The molecule has 186 valence electrons. The van der Waals surface area contributed by atoms with E-state index in [1.807, 2.05) is 12.1 Å². The van der Waals surface area contributed by atoms with E-state index in [1.54, 1.807) is 17.7 Å². The smallest absolute Gasteiger partial charge is 0.337 e. The Kier molecular flexibility index (Phi) is 5.59. The first-order valence-corrected chi connectivity index (χ1v) is 13.4. The van der Waals surface area contributed by atoms with Crippen LogP contribution in [0.2, 0.25) is 0 Å². The van der Waals surface area contributed by atoms with E-state index in [0.717, 1.165) is 29.1 Å². The summed E-state index contributed by atoms with van der Waals surface area (Å²) in [5.74, 6) is 2.03. The molecule has 2 atom stereocenters. The normalized spacial score (nSPS) is 25.9. The van der Waals surface area contributed by atoms with E-state index >= 15 is 0 Å². The average Bonchev–Trinajstić information content (AvgIpc) is 3.30.